The molecule has 2 aliphatic heterocycles. The number of nitrogens with one attached hydrogen (secondary N) is 1. The Bertz CT molecular complexity index is 1310. The predicted octanol–water partition coefficient (Wildman–Crippen LogP) is 3.36. The van der Waals surface area contributed by atoms with Crippen LogP contribution >= 0.6 is 11.8 Å². The highest BCUT2D eigenvalue weighted by molar-refractivity contribution is 7.98. The van der Waals surface area contributed by atoms with Gasteiger partial charge in [-0.1, -0.05) is 54.2 Å². The van der Waals surface area contributed by atoms with E-state index in [4.69, 9.17) is 4.98 Å². The quantitative estimate of drug-likeness (QED) is 0.359. The SMILES string of the molecule is O=c1c2ccccc2nc(CSc2nc[nH]c3ncnc2-3)n1Cc1ccccc1. The van der Waals surface area contributed by atoms with Crippen molar-refractivity contribution < 1.29 is 0 Å². The van der Waals surface area contributed by atoms with Crippen LogP contribution in [0.25, 0.3) is 22.4 Å². The third-order valence-electron chi connectivity index (χ3n) is 4.65. The number of para-hydroxylation sites is 1. The van der Waals surface area contributed by atoms with Crippen molar-refractivity contribution in [3.05, 3.63) is 89.0 Å². The van der Waals surface area contributed by atoms with E-state index >= 15 is 0 Å². The van der Waals surface area contributed by atoms with Crippen LogP contribution in [0.3, 0.4) is 0 Å². The maximum absolute atomic E-state index is 13.2. The number of hydrogen-bond donors (Lipinski definition) is 1. The monoisotopic (exact) mass is 400 g/mol. The van der Waals surface area contributed by atoms with Crippen LogP contribution in [0.15, 0.2) is 77.1 Å². The van der Waals surface area contributed by atoms with E-state index in [2.05, 4.69) is 19.9 Å². The molecule has 0 amide bonds. The Morgan fingerprint density at radius 3 is 2.69 bits per heavy atom. The summed E-state index contributed by atoms with van der Waals surface area (Å²) < 4.78 is 1.74. The second-order valence-electron chi connectivity index (χ2n) is 6.49. The van der Waals surface area contributed by atoms with Gasteiger partial charge in [0, 0.05) is 0 Å². The molecule has 142 valence electrons. The van der Waals surface area contributed by atoms with Crippen LogP contribution in [0.4, 0.5) is 0 Å². The number of imidazole rings is 1. The summed E-state index contributed by atoms with van der Waals surface area (Å²) in [4.78, 5) is 33.8. The molecule has 0 radical (unpaired) electrons. The number of fused-ring (bicyclic) bond motifs is 2. The van der Waals surface area contributed by atoms with Gasteiger partial charge in [0.25, 0.3) is 5.56 Å². The molecule has 2 aromatic carbocycles. The topological polar surface area (TPSA) is 89.3 Å². The van der Waals surface area contributed by atoms with Crippen molar-refractivity contribution in [3.63, 3.8) is 0 Å². The van der Waals surface area contributed by atoms with E-state index in [0.29, 0.717) is 34.8 Å². The van der Waals surface area contributed by atoms with Crippen molar-refractivity contribution >= 4 is 22.7 Å². The van der Waals surface area contributed by atoms with Crippen LogP contribution in [-0.2, 0) is 12.3 Å². The molecule has 8 heteroatoms. The second kappa shape index (κ2) is 7.48. The molecule has 0 atom stereocenters. The molecular formula is C21H16N6OS. The van der Waals surface area contributed by atoms with E-state index in [1.54, 1.807) is 10.9 Å². The van der Waals surface area contributed by atoms with Gasteiger partial charge in [-0.25, -0.2) is 19.9 Å². The minimum absolute atomic E-state index is 0.0392. The average molecular weight is 400 g/mol. The summed E-state index contributed by atoms with van der Waals surface area (Å²) in [5.74, 6) is 1.88. The molecule has 1 aromatic heterocycles. The van der Waals surface area contributed by atoms with Crippen molar-refractivity contribution in [1.29, 1.82) is 0 Å². The van der Waals surface area contributed by atoms with Gasteiger partial charge >= 0.3 is 0 Å². The molecule has 0 bridgehead atoms. The fraction of sp³-hybridized carbons (Fsp3) is 0.0952. The summed E-state index contributed by atoms with van der Waals surface area (Å²) in [7, 11) is 0. The zero-order valence-electron chi connectivity index (χ0n) is 15.3. The summed E-state index contributed by atoms with van der Waals surface area (Å²) in [6.07, 6.45) is 3.11. The van der Waals surface area contributed by atoms with Gasteiger partial charge < -0.3 is 4.98 Å². The molecule has 7 nitrogen and oxygen atoms in total. The first-order valence-corrected chi connectivity index (χ1v) is 10.1. The van der Waals surface area contributed by atoms with Gasteiger partial charge in [-0.3, -0.25) is 9.36 Å². The van der Waals surface area contributed by atoms with E-state index in [1.165, 1.54) is 18.1 Å². The lowest BCUT2D eigenvalue weighted by molar-refractivity contribution is 0.707. The highest BCUT2D eigenvalue weighted by atomic mass is 32.2. The van der Waals surface area contributed by atoms with E-state index < -0.39 is 0 Å². The van der Waals surface area contributed by atoms with Crippen LogP contribution < -0.4 is 5.56 Å². The van der Waals surface area contributed by atoms with Gasteiger partial charge in [-0.2, -0.15) is 0 Å². The molecule has 3 heterocycles. The van der Waals surface area contributed by atoms with Gasteiger partial charge in [0.15, 0.2) is 5.82 Å². The number of aromatic nitrogens is 6. The molecule has 3 aromatic rings. The highest BCUT2D eigenvalue weighted by Crippen LogP contribution is 2.28. The van der Waals surface area contributed by atoms with Gasteiger partial charge in [-0.05, 0) is 17.7 Å². The summed E-state index contributed by atoms with van der Waals surface area (Å²) in [5.41, 5.74) is 2.43. The summed E-state index contributed by atoms with van der Waals surface area (Å²) in [6.45, 7) is 0.467. The Hall–Kier alpha value is -3.52. The van der Waals surface area contributed by atoms with E-state index in [9.17, 15) is 4.79 Å². The maximum atomic E-state index is 13.2. The Kier molecular flexibility index (Phi) is 4.53. The van der Waals surface area contributed by atoms with E-state index in [-0.39, 0.29) is 5.56 Å². The number of H-pyrrole nitrogens is 1. The van der Waals surface area contributed by atoms with Crippen LogP contribution in [0.1, 0.15) is 11.4 Å². The van der Waals surface area contributed by atoms with Gasteiger partial charge in [0.05, 0.1) is 29.5 Å². The molecule has 0 aliphatic carbocycles. The lowest BCUT2D eigenvalue weighted by atomic mass is 10.2. The first-order valence-electron chi connectivity index (χ1n) is 9.09. The van der Waals surface area contributed by atoms with E-state index in [0.717, 1.165) is 16.3 Å². The molecule has 29 heavy (non-hydrogen) atoms. The Morgan fingerprint density at radius 2 is 1.79 bits per heavy atom. The Balaban J connectivity index is 1.55. The normalized spacial score (nSPS) is 11.3. The highest BCUT2D eigenvalue weighted by Gasteiger charge is 2.16. The minimum atomic E-state index is -0.0392. The van der Waals surface area contributed by atoms with Crippen molar-refractivity contribution in [2.24, 2.45) is 0 Å². The zero-order valence-corrected chi connectivity index (χ0v) is 16.1. The molecule has 5 rings (SSSR count). The molecule has 0 saturated carbocycles. The fourth-order valence-electron chi connectivity index (χ4n) is 3.23. The Labute approximate surface area is 170 Å². The average Bonchev–Trinajstić information content (AvgIpc) is 3.25. The third-order valence-corrected chi connectivity index (χ3v) is 5.62. The van der Waals surface area contributed by atoms with Gasteiger partial charge in [-0.15, -0.1) is 0 Å². The maximum Gasteiger partial charge on any atom is 0.261 e. The summed E-state index contributed by atoms with van der Waals surface area (Å²) in [6, 6.07) is 17.4. The standard InChI is InChI=1S/C21H16N6OS/c28-21-15-8-4-5-9-16(15)26-17(27(21)10-14-6-2-1-3-7-14)11-29-20-18-19(23-12-22-18)24-13-25-20/h1-9,12-13H,10-11H2,(H,22,23,24,25). The fourth-order valence-corrected chi connectivity index (χ4v) is 4.13. The number of hydrogen-bond acceptors (Lipinski definition) is 6. The first-order chi connectivity index (χ1) is 14.3. The lowest BCUT2D eigenvalue weighted by Crippen LogP contribution is -2.25. The van der Waals surface area contributed by atoms with Crippen LogP contribution in [0.2, 0.25) is 0 Å². The number of thioether (sulfide) groups is 1. The van der Waals surface area contributed by atoms with E-state index in [1.807, 2.05) is 54.6 Å². The second-order valence-corrected chi connectivity index (χ2v) is 7.45. The third kappa shape index (κ3) is 3.38. The predicted molar refractivity (Wildman–Crippen MR) is 112 cm³/mol. The van der Waals surface area contributed by atoms with Crippen molar-refractivity contribution in [3.8, 4) is 11.5 Å². The molecule has 1 N–H and O–H groups in total. The van der Waals surface area contributed by atoms with Crippen molar-refractivity contribution in [2.45, 2.75) is 17.3 Å². The van der Waals surface area contributed by atoms with Gasteiger partial charge in [0.2, 0.25) is 0 Å². The van der Waals surface area contributed by atoms with Crippen LogP contribution in [0.5, 0.6) is 0 Å². The minimum Gasteiger partial charge on any atom is -0.329 e. The number of benzene rings is 2. The number of nitrogens with zero attached hydrogens (tertiary/aromatic N) is 5. The molecular weight excluding hydrogens is 384 g/mol. The molecule has 0 spiro atoms. The van der Waals surface area contributed by atoms with Crippen LogP contribution in [0, 0.1) is 0 Å². The van der Waals surface area contributed by atoms with Crippen LogP contribution in [-0.4, -0.2) is 29.5 Å². The van der Waals surface area contributed by atoms with Crippen molar-refractivity contribution in [1.82, 2.24) is 29.5 Å². The summed E-state index contributed by atoms with van der Waals surface area (Å²) in [5, 5.41) is 1.37. The van der Waals surface area contributed by atoms with Crippen molar-refractivity contribution in [2.75, 3.05) is 0 Å². The smallest absolute Gasteiger partial charge is 0.261 e. The summed E-state index contributed by atoms with van der Waals surface area (Å²) >= 11 is 1.49. The number of aromatic amines is 1. The Morgan fingerprint density at radius 1 is 0.966 bits per heavy atom. The van der Waals surface area contributed by atoms with Gasteiger partial charge in [0.1, 0.15) is 22.9 Å². The molecule has 0 saturated heterocycles. The number of rotatable bonds is 5. The molecule has 0 fully saturated rings. The zero-order chi connectivity index (χ0) is 19.6. The lowest BCUT2D eigenvalue weighted by Gasteiger charge is -2.14. The first kappa shape index (κ1) is 17.6. The molecule has 2 aliphatic rings. The molecule has 0 unspecified atom stereocenters. The largest absolute Gasteiger partial charge is 0.329 e.